The summed E-state index contributed by atoms with van der Waals surface area (Å²) in [7, 11) is 1.52. The minimum atomic E-state index is -1.11. The van der Waals surface area contributed by atoms with Crippen molar-refractivity contribution < 1.29 is 19.4 Å². The van der Waals surface area contributed by atoms with Crippen LogP contribution in [0, 0.1) is 0 Å². The van der Waals surface area contributed by atoms with Crippen LogP contribution in [0.1, 0.15) is 18.6 Å². The molecule has 94 valence electrons. The van der Waals surface area contributed by atoms with Gasteiger partial charge in [-0.2, -0.15) is 0 Å². The fourth-order valence-electron chi connectivity index (χ4n) is 1.40. The first-order valence-electron chi connectivity index (χ1n) is 5.34. The Kier molecular flexibility index (Phi) is 4.93. The molecule has 0 aromatic heterocycles. The summed E-state index contributed by atoms with van der Waals surface area (Å²) in [6.45, 7) is 1.92. The Bertz CT molecular complexity index is 381. The lowest BCUT2D eigenvalue weighted by Gasteiger charge is -2.18. The Morgan fingerprint density at radius 2 is 2.24 bits per heavy atom. The number of benzene rings is 1. The molecule has 0 bridgehead atoms. The van der Waals surface area contributed by atoms with Crippen molar-refractivity contribution in [2.24, 2.45) is 5.73 Å². The van der Waals surface area contributed by atoms with Gasteiger partial charge in [0.1, 0.15) is 17.9 Å². The van der Waals surface area contributed by atoms with Crippen molar-refractivity contribution in [3.05, 3.63) is 29.8 Å². The Morgan fingerprint density at radius 3 is 2.82 bits per heavy atom. The largest absolute Gasteiger partial charge is 0.497 e. The summed E-state index contributed by atoms with van der Waals surface area (Å²) in [4.78, 5) is 11.4. The van der Waals surface area contributed by atoms with Crippen molar-refractivity contribution in [2.45, 2.75) is 19.1 Å². The fourth-order valence-corrected chi connectivity index (χ4v) is 1.40. The molecule has 0 radical (unpaired) electrons. The van der Waals surface area contributed by atoms with Gasteiger partial charge in [0.25, 0.3) is 0 Å². The maximum Gasteiger partial charge on any atom is 0.325 e. The van der Waals surface area contributed by atoms with Crippen molar-refractivity contribution in [1.29, 1.82) is 0 Å². The molecule has 2 unspecified atom stereocenters. The Hall–Kier alpha value is -1.59. The van der Waals surface area contributed by atoms with Crippen molar-refractivity contribution >= 4 is 5.97 Å². The van der Waals surface area contributed by atoms with Gasteiger partial charge in [-0.1, -0.05) is 12.1 Å². The lowest BCUT2D eigenvalue weighted by atomic mass is 10.0. The maximum absolute atomic E-state index is 11.4. The van der Waals surface area contributed by atoms with E-state index < -0.39 is 18.1 Å². The van der Waals surface area contributed by atoms with Crippen molar-refractivity contribution in [1.82, 2.24) is 0 Å². The number of aliphatic hydroxyl groups excluding tert-OH is 1. The van der Waals surface area contributed by atoms with E-state index in [1.165, 1.54) is 7.11 Å². The topological polar surface area (TPSA) is 81.8 Å². The molecule has 5 nitrogen and oxygen atoms in total. The number of carbonyl (C=O) groups excluding carboxylic acids is 1. The lowest BCUT2D eigenvalue weighted by Crippen LogP contribution is -2.38. The summed E-state index contributed by atoms with van der Waals surface area (Å²) in [5, 5.41) is 9.92. The third kappa shape index (κ3) is 3.44. The number of nitrogens with two attached hydrogens (primary N) is 1. The predicted molar refractivity (Wildman–Crippen MR) is 62.6 cm³/mol. The molecule has 5 heteroatoms. The normalized spacial score (nSPS) is 13.9. The second-order valence-corrected chi connectivity index (χ2v) is 3.50. The highest BCUT2D eigenvalue weighted by Gasteiger charge is 2.25. The highest BCUT2D eigenvalue weighted by molar-refractivity contribution is 5.76. The van der Waals surface area contributed by atoms with Crippen LogP contribution in [0.2, 0.25) is 0 Å². The Balaban J connectivity index is 2.80. The number of carbonyl (C=O) groups is 1. The van der Waals surface area contributed by atoms with Gasteiger partial charge in [-0.15, -0.1) is 0 Å². The molecule has 0 heterocycles. The van der Waals surface area contributed by atoms with E-state index in [1.807, 2.05) is 0 Å². The van der Waals surface area contributed by atoms with Gasteiger partial charge in [-0.3, -0.25) is 4.79 Å². The summed E-state index contributed by atoms with van der Waals surface area (Å²) in [5.41, 5.74) is 6.12. The first kappa shape index (κ1) is 13.5. The molecule has 1 aromatic rings. The monoisotopic (exact) mass is 239 g/mol. The van der Waals surface area contributed by atoms with Crippen molar-refractivity contribution in [3.63, 3.8) is 0 Å². The van der Waals surface area contributed by atoms with Crippen LogP contribution in [0.15, 0.2) is 24.3 Å². The van der Waals surface area contributed by atoms with E-state index in [4.69, 9.17) is 15.2 Å². The van der Waals surface area contributed by atoms with Crippen LogP contribution >= 0.6 is 0 Å². The van der Waals surface area contributed by atoms with Crippen LogP contribution < -0.4 is 10.5 Å². The number of methoxy groups -OCH3 is 1. The standard InChI is InChI=1S/C12H17NO4/c1-3-17-12(15)10(13)11(14)8-5-4-6-9(7-8)16-2/h4-7,10-11,14H,3,13H2,1-2H3. The molecule has 0 aliphatic heterocycles. The number of ether oxygens (including phenoxy) is 2. The smallest absolute Gasteiger partial charge is 0.325 e. The number of hydrogen-bond donors (Lipinski definition) is 2. The zero-order valence-electron chi connectivity index (χ0n) is 9.92. The molecule has 0 aliphatic carbocycles. The predicted octanol–water partition coefficient (Wildman–Crippen LogP) is 0.619. The van der Waals surface area contributed by atoms with Gasteiger partial charge in [0.15, 0.2) is 0 Å². The molecular weight excluding hydrogens is 222 g/mol. The van der Waals surface area contributed by atoms with Gasteiger partial charge in [-0.25, -0.2) is 0 Å². The molecule has 0 spiro atoms. The highest BCUT2D eigenvalue weighted by Crippen LogP contribution is 2.21. The van der Waals surface area contributed by atoms with Crippen LogP contribution in [0.4, 0.5) is 0 Å². The summed E-state index contributed by atoms with van der Waals surface area (Å²) in [6, 6.07) is 5.67. The van der Waals surface area contributed by atoms with Crippen LogP contribution in [0.3, 0.4) is 0 Å². The lowest BCUT2D eigenvalue weighted by molar-refractivity contribution is -0.147. The van der Waals surface area contributed by atoms with Gasteiger partial charge in [0.05, 0.1) is 13.7 Å². The number of esters is 1. The van der Waals surface area contributed by atoms with Gasteiger partial charge >= 0.3 is 5.97 Å². The molecule has 2 atom stereocenters. The molecule has 0 saturated heterocycles. The number of aliphatic hydroxyl groups is 1. The summed E-state index contributed by atoms with van der Waals surface area (Å²) in [6.07, 6.45) is -1.11. The second kappa shape index (κ2) is 6.22. The molecule has 0 amide bonds. The molecule has 1 aromatic carbocycles. The van der Waals surface area contributed by atoms with Gasteiger partial charge in [-0.05, 0) is 24.6 Å². The summed E-state index contributed by atoms with van der Waals surface area (Å²) >= 11 is 0. The molecule has 1 rings (SSSR count). The fraction of sp³-hybridized carbons (Fsp3) is 0.417. The van der Waals surface area contributed by atoms with Gasteiger partial charge in [0.2, 0.25) is 0 Å². The molecule has 17 heavy (non-hydrogen) atoms. The van der Waals surface area contributed by atoms with Crippen molar-refractivity contribution in [2.75, 3.05) is 13.7 Å². The van der Waals surface area contributed by atoms with E-state index in [9.17, 15) is 9.90 Å². The van der Waals surface area contributed by atoms with E-state index in [1.54, 1.807) is 31.2 Å². The quantitative estimate of drug-likeness (QED) is 0.736. The van der Waals surface area contributed by atoms with Crippen molar-refractivity contribution in [3.8, 4) is 5.75 Å². The average Bonchev–Trinajstić information content (AvgIpc) is 2.37. The Morgan fingerprint density at radius 1 is 1.53 bits per heavy atom. The average molecular weight is 239 g/mol. The first-order valence-corrected chi connectivity index (χ1v) is 5.34. The maximum atomic E-state index is 11.4. The van der Waals surface area contributed by atoms with Crippen LogP contribution in [0.5, 0.6) is 5.75 Å². The van der Waals surface area contributed by atoms with Gasteiger partial charge in [0, 0.05) is 0 Å². The molecular formula is C12H17NO4. The second-order valence-electron chi connectivity index (χ2n) is 3.50. The molecule has 0 saturated carbocycles. The summed E-state index contributed by atoms with van der Waals surface area (Å²) < 4.78 is 9.77. The van der Waals surface area contributed by atoms with E-state index in [-0.39, 0.29) is 6.61 Å². The third-order valence-corrected chi connectivity index (χ3v) is 2.33. The molecule has 3 N–H and O–H groups in total. The molecule has 0 fully saturated rings. The Labute approximate surface area is 100 Å². The van der Waals surface area contributed by atoms with E-state index in [0.717, 1.165) is 0 Å². The SMILES string of the molecule is CCOC(=O)C(N)C(O)c1cccc(OC)c1. The van der Waals surface area contributed by atoms with Gasteiger partial charge < -0.3 is 20.3 Å². The molecule has 0 aliphatic rings. The minimum Gasteiger partial charge on any atom is -0.497 e. The van der Waals surface area contributed by atoms with Crippen LogP contribution in [0.25, 0.3) is 0 Å². The van der Waals surface area contributed by atoms with E-state index >= 15 is 0 Å². The summed E-state index contributed by atoms with van der Waals surface area (Å²) in [5.74, 6) is -0.0274. The van der Waals surface area contributed by atoms with Crippen LogP contribution in [-0.4, -0.2) is 30.8 Å². The minimum absolute atomic E-state index is 0.233. The van der Waals surface area contributed by atoms with E-state index in [0.29, 0.717) is 11.3 Å². The third-order valence-electron chi connectivity index (χ3n) is 2.33. The zero-order chi connectivity index (χ0) is 12.8. The van der Waals surface area contributed by atoms with E-state index in [2.05, 4.69) is 0 Å². The first-order chi connectivity index (χ1) is 8.10. The zero-order valence-corrected chi connectivity index (χ0v) is 9.92. The number of rotatable bonds is 5. The highest BCUT2D eigenvalue weighted by atomic mass is 16.5. The number of hydrogen-bond acceptors (Lipinski definition) is 5. The van der Waals surface area contributed by atoms with Crippen LogP contribution in [-0.2, 0) is 9.53 Å².